The Morgan fingerprint density at radius 2 is 1.61 bits per heavy atom. The molecule has 5 nitrogen and oxygen atoms in total. The fraction of sp³-hybridized carbons (Fsp3) is 0.500. The van der Waals surface area contributed by atoms with Gasteiger partial charge in [0.2, 0.25) is 11.8 Å². The monoisotopic (exact) mass is 528 g/mol. The zero-order valence-electron chi connectivity index (χ0n) is 22.5. The number of ketones is 1. The average molecular weight is 529 g/mol. The van der Waals surface area contributed by atoms with Crippen LogP contribution in [0.15, 0.2) is 36.4 Å². The molecule has 0 bridgehead atoms. The summed E-state index contributed by atoms with van der Waals surface area (Å²) < 4.78 is 43.6. The minimum absolute atomic E-state index is 0.0403. The molecular weight excluding hydrogens is 493 g/mol. The average Bonchev–Trinajstić information content (AvgIpc) is 3.25. The SMILES string of the molecule is CC(C)C[C@@H]1C(=O)N[C@H](C2Cc3ccccc3C2)C(=O)N1[C@@H](C(=O)CC(C)(C)C)c1ccc(F)c(F)c1F. The van der Waals surface area contributed by atoms with E-state index < -0.39 is 64.2 Å². The second-order valence-electron chi connectivity index (χ2n) is 12.2. The van der Waals surface area contributed by atoms with E-state index in [-0.39, 0.29) is 24.7 Å². The van der Waals surface area contributed by atoms with Crippen LogP contribution in [0.5, 0.6) is 0 Å². The predicted octanol–water partition coefficient (Wildman–Crippen LogP) is 5.31. The van der Waals surface area contributed by atoms with Crippen molar-refractivity contribution in [3.8, 4) is 0 Å². The maximum absolute atomic E-state index is 15.2. The van der Waals surface area contributed by atoms with Crippen LogP contribution in [0.3, 0.4) is 0 Å². The third-order valence-corrected chi connectivity index (χ3v) is 7.35. The normalized spacial score (nSPS) is 21.0. The lowest BCUT2D eigenvalue weighted by Crippen LogP contribution is -2.67. The molecule has 1 fully saturated rings. The Morgan fingerprint density at radius 1 is 1.00 bits per heavy atom. The minimum Gasteiger partial charge on any atom is -0.342 e. The van der Waals surface area contributed by atoms with Gasteiger partial charge in [0.15, 0.2) is 23.2 Å². The molecule has 0 unspecified atom stereocenters. The van der Waals surface area contributed by atoms with E-state index in [1.54, 1.807) is 0 Å². The molecule has 4 rings (SSSR count). The summed E-state index contributed by atoms with van der Waals surface area (Å²) in [5.74, 6) is -6.40. The number of amides is 2. The minimum atomic E-state index is -1.71. The second-order valence-corrected chi connectivity index (χ2v) is 12.2. The number of rotatable bonds is 7. The van der Waals surface area contributed by atoms with E-state index in [2.05, 4.69) is 5.32 Å². The standard InChI is InChI=1S/C30H35F3N2O3/c1-16(2)12-22-28(37)34-26(19-13-17-8-6-7-9-18(17)14-19)29(38)35(22)27(23(36)15-30(3,4)5)20-10-11-21(31)25(33)24(20)32/h6-11,16,19,22,26-27H,12-15H2,1-5H3,(H,34,37)/t22-,26-,27-/m1/s1. The van der Waals surface area contributed by atoms with Crippen LogP contribution < -0.4 is 5.32 Å². The Labute approximate surface area is 221 Å². The van der Waals surface area contributed by atoms with E-state index in [0.29, 0.717) is 12.8 Å². The first kappa shape index (κ1) is 27.9. The number of Topliss-reactive ketones (excluding diaryl/α,β-unsaturated/α-hetero) is 1. The zero-order valence-corrected chi connectivity index (χ0v) is 22.5. The Bertz CT molecular complexity index is 1230. The Hall–Kier alpha value is -3.16. The fourth-order valence-electron chi connectivity index (χ4n) is 5.72. The molecule has 0 aromatic heterocycles. The number of halogens is 3. The fourth-order valence-corrected chi connectivity index (χ4v) is 5.72. The summed E-state index contributed by atoms with van der Waals surface area (Å²) in [4.78, 5) is 42.7. The van der Waals surface area contributed by atoms with Gasteiger partial charge in [-0.15, -0.1) is 0 Å². The molecule has 1 aliphatic heterocycles. The van der Waals surface area contributed by atoms with Gasteiger partial charge in [-0.1, -0.05) is 65.0 Å². The van der Waals surface area contributed by atoms with Crippen molar-refractivity contribution < 1.29 is 27.6 Å². The summed E-state index contributed by atoms with van der Waals surface area (Å²) in [6.45, 7) is 9.20. The number of hydrogen-bond donors (Lipinski definition) is 1. The van der Waals surface area contributed by atoms with Gasteiger partial charge in [-0.3, -0.25) is 14.4 Å². The van der Waals surface area contributed by atoms with Crippen molar-refractivity contribution in [2.45, 2.75) is 78.4 Å². The van der Waals surface area contributed by atoms with Crippen molar-refractivity contribution in [1.82, 2.24) is 10.2 Å². The summed E-state index contributed by atoms with van der Waals surface area (Å²) in [6, 6.07) is 5.99. The Morgan fingerprint density at radius 3 is 2.16 bits per heavy atom. The van der Waals surface area contributed by atoms with Gasteiger partial charge in [0.05, 0.1) is 0 Å². The highest BCUT2D eigenvalue weighted by molar-refractivity contribution is 6.00. The molecule has 3 atom stereocenters. The van der Waals surface area contributed by atoms with Crippen molar-refractivity contribution in [2.24, 2.45) is 17.3 Å². The van der Waals surface area contributed by atoms with Crippen molar-refractivity contribution in [3.05, 3.63) is 70.5 Å². The highest BCUT2D eigenvalue weighted by Crippen LogP contribution is 2.38. The molecular formula is C30H35F3N2O3. The second kappa shape index (κ2) is 10.5. The Balaban J connectivity index is 1.82. The number of carbonyl (C=O) groups is 3. The molecule has 0 saturated carbocycles. The predicted molar refractivity (Wildman–Crippen MR) is 137 cm³/mol. The van der Waals surface area contributed by atoms with E-state index in [1.807, 2.05) is 58.9 Å². The lowest BCUT2D eigenvalue weighted by molar-refractivity contribution is -0.157. The number of piperazine rings is 1. The molecule has 1 saturated heterocycles. The van der Waals surface area contributed by atoms with Crippen molar-refractivity contribution in [3.63, 3.8) is 0 Å². The van der Waals surface area contributed by atoms with Crippen LogP contribution in [0.4, 0.5) is 13.2 Å². The first-order chi connectivity index (χ1) is 17.8. The molecule has 1 aliphatic carbocycles. The van der Waals surface area contributed by atoms with Crippen molar-refractivity contribution in [2.75, 3.05) is 0 Å². The molecule has 38 heavy (non-hydrogen) atoms. The maximum atomic E-state index is 15.2. The first-order valence-electron chi connectivity index (χ1n) is 13.1. The van der Waals surface area contributed by atoms with Crippen molar-refractivity contribution >= 4 is 17.6 Å². The molecule has 0 radical (unpaired) electrons. The van der Waals surface area contributed by atoms with E-state index >= 15 is 4.39 Å². The number of hydrogen-bond acceptors (Lipinski definition) is 3. The highest BCUT2D eigenvalue weighted by atomic mass is 19.2. The first-order valence-corrected chi connectivity index (χ1v) is 13.1. The van der Waals surface area contributed by atoms with Crippen LogP contribution in [-0.2, 0) is 27.2 Å². The molecule has 1 heterocycles. The van der Waals surface area contributed by atoms with Gasteiger partial charge in [0.25, 0.3) is 0 Å². The van der Waals surface area contributed by atoms with Crippen LogP contribution in [0, 0.1) is 34.7 Å². The molecule has 204 valence electrons. The molecule has 2 aliphatic rings. The quantitative estimate of drug-likeness (QED) is 0.496. The van der Waals surface area contributed by atoms with Crippen LogP contribution in [0.2, 0.25) is 0 Å². The number of nitrogens with one attached hydrogen (secondary N) is 1. The summed E-state index contributed by atoms with van der Waals surface area (Å²) in [6.07, 6.45) is 1.29. The van der Waals surface area contributed by atoms with E-state index in [1.165, 1.54) is 0 Å². The van der Waals surface area contributed by atoms with Gasteiger partial charge >= 0.3 is 0 Å². The summed E-state index contributed by atoms with van der Waals surface area (Å²) in [7, 11) is 0. The molecule has 2 aromatic carbocycles. The number of fused-ring (bicyclic) bond motifs is 1. The molecule has 1 N–H and O–H groups in total. The topological polar surface area (TPSA) is 66.5 Å². The highest BCUT2D eigenvalue weighted by Gasteiger charge is 2.50. The van der Waals surface area contributed by atoms with Crippen LogP contribution >= 0.6 is 0 Å². The summed E-state index contributed by atoms with van der Waals surface area (Å²) in [5.41, 5.74) is 1.19. The smallest absolute Gasteiger partial charge is 0.247 e. The van der Waals surface area contributed by atoms with E-state index in [0.717, 1.165) is 28.2 Å². The van der Waals surface area contributed by atoms with Crippen LogP contribution in [0.25, 0.3) is 0 Å². The van der Waals surface area contributed by atoms with Crippen LogP contribution in [0.1, 0.15) is 70.2 Å². The lowest BCUT2D eigenvalue weighted by Gasteiger charge is -2.45. The van der Waals surface area contributed by atoms with Gasteiger partial charge in [-0.25, -0.2) is 13.2 Å². The van der Waals surface area contributed by atoms with E-state index in [4.69, 9.17) is 0 Å². The summed E-state index contributed by atoms with van der Waals surface area (Å²) in [5, 5.41) is 2.89. The number of nitrogens with zero attached hydrogens (tertiary/aromatic N) is 1. The zero-order chi connectivity index (χ0) is 27.9. The molecule has 8 heteroatoms. The van der Waals surface area contributed by atoms with Gasteiger partial charge < -0.3 is 10.2 Å². The molecule has 2 amide bonds. The van der Waals surface area contributed by atoms with E-state index in [9.17, 15) is 23.2 Å². The Kier molecular flexibility index (Phi) is 7.73. The maximum Gasteiger partial charge on any atom is 0.247 e. The van der Waals surface area contributed by atoms with Gasteiger partial charge in [-0.05, 0) is 53.7 Å². The van der Waals surface area contributed by atoms with Gasteiger partial charge in [0, 0.05) is 12.0 Å². The number of carbonyl (C=O) groups excluding carboxylic acids is 3. The van der Waals surface area contributed by atoms with Gasteiger partial charge in [0.1, 0.15) is 18.1 Å². The van der Waals surface area contributed by atoms with Gasteiger partial charge in [-0.2, -0.15) is 0 Å². The van der Waals surface area contributed by atoms with Crippen molar-refractivity contribution in [1.29, 1.82) is 0 Å². The third-order valence-electron chi connectivity index (χ3n) is 7.35. The molecule has 0 spiro atoms. The third kappa shape index (κ3) is 5.49. The lowest BCUT2D eigenvalue weighted by atomic mass is 9.83. The number of benzene rings is 2. The molecule has 2 aromatic rings. The van der Waals surface area contributed by atoms with Crippen LogP contribution in [-0.4, -0.2) is 34.6 Å². The largest absolute Gasteiger partial charge is 0.342 e. The summed E-state index contributed by atoms with van der Waals surface area (Å²) >= 11 is 0.